The average Bonchev–Trinajstić information content (AvgIpc) is 2.14. The second-order valence-electron chi connectivity index (χ2n) is 4.80. The van der Waals surface area contributed by atoms with Crippen LogP contribution in [0.4, 0.5) is 0 Å². The number of benzene rings is 1. The number of allylic oxidation sites excluding steroid dienone is 1. The smallest absolute Gasteiger partial charge is 0.161 e. The van der Waals surface area contributed by atoms with Crippen molar-refractivity contribution >= 4 is 11.9 Å². The monoisotopic (exact) mass is 202 g/mol. The lowest BCUT2D eigenvalue weighted by Crippen LogP contribution is -2.17. The molecule has 0 aliphatic rings. The van der Waals surface area contributed by atoms with Crippen molar-refractivity contribution in [3.63, 3.8) is 0 Å². The second kappa shape index (κ2) is 4.43. The summed E-state index contributed by atoms with van der Waals surface area (Å²) in [5.74, 6) is 0.158. The first kappa shape index (κ1) is 11.7. The van der Waals surface area contributed by atoms with E-state index in [0.717, 1.165) is 5.56 Å². The Morgan fingerprint density at radius 2 is 1.80 bits per heavy atom. The van der Waals surface area contributed by atoms with E-state index in [1.807, 2.05) is 58.0 Å². The molecule has 0 saturated carbocycles. The van der Waals surface area contributed by atoms with E-state index >= 15 is 0 Å². The van der Waals surface area contributed by atoms with Crippen molar-refractivity contribution in [1.82, 2.24) is 0 Å². The van der Waals surface area contributed by atoms with Crippen molar-refractivity contribution < 1.29 is 4.79 Å². The third kappa shape index (κ3) is 3.35. The van der Waals surface area contributed by atoms with Gasteiger partial charge < -0.3 is 0 Å². The molecule has 1 nitrogen and oxygen atoms in total. The Bertz CT molecular complexity index is 381. The van der Waals surface area contributed by atoms with Crippen LogP contribution in [0.25, 0.3) is 6.08 Å². The Kier molecular flexibility index (Phi) is 3.46. The summed E-state index contributed by atoms with van der Waals surface area (Å²) in [6, 6.07) is 8.04. The lowest BCUT2D eigenvalue weighted by Gasteiger charge is -2.13. The lowest BCUT2D eigenvalue weighted by atomic mass is 9.90. The molecule has 1 heteroatoms. The molecular weight excluding hydrogens is 184 g/mol. The van der Waals surface area contributed by atoms with Gasteiger partial charge >= 0.3 is 0 Å². The summed E-state index contributed by atoms with van der Waals surface area (Å²) in [5, 5.41) is 0. The summed E-state index contributed by atoms with van der Waals surface area (Å²) in [6.07, 6.45) is 3.56. The molecule has 0 aliphatic heterocycles. The third-order valence-electron chi connectivity index (χ3n) is 2.34. The van der Waals surface area contributed by atoms with Gasteiger partial charge in [0.05, 0.1) is 0 Å². The van der Waals surface area contributed by atoms with Crippen molar-refractivity contribution in [2.45, 2.75) is 27.7 Å². The van der Waals surface area contributed by atoms with Gasteiger partial charge in [-0.1, -0.05) is 51.1 Å². The van der Waals surface area contributed by atoms with Gasteiger partial charge in [0, 0.05) is 5.41 Å². The maximum Gasteiger partial charge on any atom is 0.161 e. The fraction of sp³-hybridized carbons (Fsp3) is 0.357. The number of carbonyl (C=O) groups excluding carboxylic acids is 1. The van der Waals surface area contributed by atoms with E-state index in [2.05, 4.69) is 0 Å². The van der Waals surface area contributed by atoms with E-state index in [1.54, 1.807) is 6.08 Å². The zero-order valence-electron chi connectivity index (χ0n) is 9.87. The fourth-order valence-electron chi connectivity index (χ4n) is 1.19. The molecule has 0 aromatic heterocycles. The molecule has 0 heterocycles. The molecule has 0 atom stereocenters. The highest BCUT2D eigenvalue weighted by molar-refractivity contribution is 5.97. The SMILES string of the molecule is Cc1ccccc1/C=C/C(=O)C(C)(C)C. The molecule has 0 N–H and O–H groups in total. The number of carbonyl (C=O) groups is 1. The number of hydrogen-bond donors (Lipinski definition) is 0. The molecule has 0 radical (unpaired) electrons. The minimum absolute atomic E-state index is 0.158. The van der Waals surface area contributed by atoms with Gasteiger partial charge in [0.1, 0.15) is 0 Å². The molecule has 0 amide bonds. The first-order chi connectivity index (χ1) is 6.91. The summed E-state index contributed by atoms with van der Waals surface area (Å²) in [7, 11) is 0. The predicted octanol–water partition coefficient (Wildman–Crippen LogP) is 3.62. The summed E-state index contributed by atoms with van der Waals surface area (Å²) >= 11 is 0. The molecule has 0 spiro atoms. The standard InChI is InChI=1S/C14H18O/c1-11-7-5-6-8-12(11)9-10-13(15)14(2,3)4/h5-10H,1-4H3/b10-9+. The van der Waals surface area contributed by atoms with E-state index < -0.39 is 0 Å². The van der Waals surface area contributed by atoms with Crippen LogP contribution < -0.4 is 0 Å². The first-order valence-corrected chi connectivity index (χ1v) is 5.19. The minimum Gasteiger partial charge on any atom is -0.294 e. The molecule has 0 bridgehead atoms. The molecular formula is C14H18O. The Morgan fingerprint density at radius 3 is 2.33 bits per heavy atom. The fourth-order valence-corrected chi connectivity index (χ4v) is 1.19. The molecule has 0 unspecified atom stereocenters. The number of rotatable bonds is 2. The lowest BCUT2D eigenvalue weighted by molar-refractivity contribution is -0.121. The summed E-state index contributed by atoms with van der Waals surface area (Å²) in [4.78, 5) is 11.7. The van der Waals surface area contributed by atoms with Crippen molar-refractivity contribution in [2.24, 2.45) is 5.41 Å². The first-order valence-electron chi connectivity index (χ1n) is 5.19. The minimum atomic E-state index is -0.292. The maximum absolute atomic E-state index is 11.7. The van der Waals surface area contributed by atoms with E-state index in [4.69, 9.17) is 0 Å². The molecule has 0 fully saturated rings. The highest BCUT2D eigenvalue weighted by Crippen LogP contribution is 2.16. The molecule has 15 heavy (non-hydrogen) atoms. The Balaban J connectivity index is 2.84. The average molecular weight is 202 g/mol. The van der Waals surface area contributed by atoms with Crippen LogP contribution in [0.15, 0.2) is 30.3 Å². The number of hydrogen-bond acceptors (Lipinski definition) is 1. The van der Waals surface area contributed by atoms with Gasteiger partial charge in [0.2, 0.25) is 0 Å². The Labute approximate surface area is 91.8 Å². The molecule has 0 aliphatic carbocycles. The van der Waals surface area contributed by atoms with Crippen LogP contribution >= 0.6 is 0 Å². The van der Waals surface area contributed by atoms with E-state index in [1.165, 1.54) is 5.56 Å². The van der Waals surface area contributed by atoms with E-state index in [0.29, 0.717) is 0 Å². The summed E-state index contributed by atoms with van der Waals surface area (Å²) in [6.45, 7) is 7.83. The van der Waals surface area contributed by atoms with Crippen LogP contribution in [0.3, 0.4) is 0 Å². The topological polar surface area (TPSA) is 17.1 Å². The maximum atomic E-state index is 11.7. The van der Waals surface area contributed by atoms with E-state index in [-0.39, 0.29) is 11.2 Å². The van der Waals surface area contributed by atoms with Crippen molar-refractivity contribution in [3.05, 3.63) is 41.5 Å². The van der Waals surface area contributed by atoms with Gasteiger partial charge in [-0.3, -0.25) is 4.79 Å². The Hall–Kier alpha value is -1.37. The molecule has 1 aromatic rings. The van der Waals surface area contributed by atoms with Gasteiger partial charge in [0.15, 0.2) is 5.78 Å². The van der Waals surface area contributed by atoms with Crippen LogP contribution in [0, 0.1) is 12.3 Å². The molecule has 0 saturated heterocycles. The van der Waals surface area contributed by atoms with Crippen LogP contribution in [0.2, 0.25) is 0 Å². The van der Waals surface area contributed by atoms with Gasteiger partial charge in [-0.05, 0) is 24.1 Å². The van der Waals surface area contributed by atoms with Crippen LogP contribution in [0.5, 0.6) is 0 Å². The highest BCUT2D eigenvalue weighted by atomic mass is 16.1. The zero-order valence-corrected chi connectivity index (χ0v) is 9.87. The normalized spacial score (nSPS) is 12.0. The van der Waals surface area contributed by atoms with Crippen molar-refractivity contribution in [2.75, 3.05) is 0 Å². The van der Waals surface area contributed by atoms with Crippen molar-refractivity contribution in [3.8, 4) is 0 Å². The predicted molar refractivity (Wildman–Crippen MR) is 64.7 cm³/mol. The van der Waals surface area contributed by atoms with Crippen LogP contribution in [0.1, 0.15) is 31.9 Å². The van der Waals surface area contributed by atoms with Crippen molar-refractivity contribution in [1.29, 1.82) is 0 Å². The highest BCUT2D eigenvalue weighted by Gasteiger charge is 2.17. The molecule has 1 aromatic carbocycles. The van der Waals surface area contributed by atoms with Gasteiger partial charge in [-0.25, -0.2) is 0 Å². The largest absolute Gasteiger partial charge is 0.294 e. The third-order valence-corrected chi connectivity index (χ3v) is 2.34. The number of aryl methyl sites for hydroxylation is 1. The zero-order chi connectivity index (χ0) is 11.5. The second-order valence-corrected chi connectivity index (χ2v) is 4.80. The summed E-state index contributed by atoms with van der Waals surface area (Å²) < 4.78 is 0. The van der Waals surface area contributed by atoms with Crippen LogP contribution in [-0.4, -0.2) is 5.78 Å². The van der Waals surface area contributed by atoms with Gasteiger partial charge in [-0.15, -0.1) is 0 Å². The van der Waals surface area contributed by atoms with Gasteiger partial charge in [0.25, 0.3) is 0 Å². The molecule has 80 valence electrons. The summed E-state index contributed by atoms with van der Waals surface area (Å²) in [5.41, 5.74) is 2.00. The van der Waals surface area contributed by atoms with Gasteiger partial charge in [-0.2, -0.15) is 0 Å². The molecule has 1 rings (SSSR count). The quantitative estimate of drug-likeness (QED) is 0.669. The Morgan fingerprint density at radius 1 is 1.20 bits per heavy atom. The van der Waals surface area contributed by atoms with Crippen LogP contribution in [-0.2, 0) is 4.79 Å². The number of ketones is 1. The van der Waals surface area contributed by atoms with E-state index in [9.17, 15) is 4.79 Å².